The van der Waals surface area contributed by atoms with Gasteiger partial charge in [0.2, 0.25) is 0 Å². The monoisotopic (exact) mass is 248 g/mol. The van der Waals surface area contributed by atoms with Crippen LogP contribution in [0.5, 0.6) is 5.75 Å². The molecule has 0 amide bonds. The van der Waals surface area contributed by atoms with Crippen molar-refractivity contribution in [2.24, 2.45) is 0 Å². The van der Waals surface area contributed by atoms with Gasteiger partial charge in [0.1, 0.15) is 5.75 Å². The average molecular weight is 248 g/mol. The van der Waals surface area contributed by atoms with Crippen LogP contribution in [0.15, 0.2) is 12.1 Å². The summed E-state index contributed by atoms with van der Waals surface area (Å²) in [5.41, 5.74) is 9.04. The Morgan fingerprint density at radius 2 is 2.00 bits per heavy atom. The Bertz CT molecular complexity index is 428. The number of piperidine rings is 1. The Balaban J connectivity index is 1.83. The van der Waals surface area contributed by atoms with Crippen LogP contribution in [0.1, 0.15) is 30.4 Å². The van der Waals surface area contributed by atoms with Gasteiger partial charge in [-0.3, -0.25) is 4.90 Å². The lowest BCUT2D eigenvalue weighted by atomic mass is 10.0. The molecule has 0 aliphatic carbocycles. The zero-order chi connectivity index (χ0) is 12.4. The van der Waals surface area contributed by atoms with E-state index in [9.17, 15) is 0 Å². The first kappa shape index (κ1) is 11.8. The van der Waals surface area contributed by atoms with E-state index in [-0.39, 0.29) is 0 Å². The van der Waals surface area contributed by atoms with Crippen molar-refractivity contribution in [1.82, 2.24) is 4.90 Å². The van der Waals surface area contributed by atoms with Crippen molar-refractivity contribution >= 4 is 5.69 Å². The molecule has 1 aromatic carbocycles. The molecule has 4 nitrogen and oxygen atoms in total. The van der Waals surface area contributed by atoms with Gasteiger partial charge in [-0.25, -0.2) is 0 Å². The highest BCUT2D eigenvalue weighted by Gasteiger charge is 2.19. The second-order valence-electron chi connectivity index (χ2n) is 5.12. The Morgan fingerprint density at radius 1 is 1.17 bits per heavy atom. The number of nitrogens with zero attached hydrogens (tertiary/aromatic N) is 1. The molecule has 0 radical (unpaired) electrons. The maximum atomic E-state index is 5.96. The minimum Gasteiger partial charge on any atom is -0.467 e. The summed E-state index contributed by atoms with van der Waals surface area (Å²) >= 11 is 0. The summed E-state index contributed by atoms with van der Waals surface area (Å²) in [5, 5.41) is 0. The summed E-state index contributed by atoms with van der Waals surface area (Å²) in [7, 11) is 0. The molecule has 2 aliphatic heterocycles. The molecular formula is C14H20N2O2. The van der Waals surface area contributed by atoms with E-state index in [1.807, 2.05) is 12.1 Å². The van der Waals surface area contributed by atoms with Crippen LogP contribution in [0, 0.1) is 0 Å². The topological polar surface area (TPSA) is 47.7 Å². The molecule has 2 N–H and O–H groups in total. The quantitative estimate of drug-likeness (QED) is 0.814. The number of hydrogen-bond acceptors (Lipinski definition) is 4. The zero-order valence-corrected chi connectivity index (χ0v) is 10.7. The molecule has 1 saturated heterocycles. The Kier molecular flexibility index (Phi) is 3.39. The molecule has 4 heteroatoms. The maximum absolute atomic E-state index is 5.96. The van der Waals surface area contributed by atoms with Gasteiger partial charge in [0, 0.05) is 23.4 Å². The molecule has 18 heavy (non-hydrogen) atoms. The molecule has 2 aliphatic rings. The summed E-state index contributed by atoms with van der Waals surface area (Å²) < 4.78 is 11.0. The molecular weight excluding hydrogens is 228 g/mol. The summed E-state index contributed by atoms with van der Waals surface area (Å²) in [6.07, 6.45) is 3.96. The minimum absolute atomic E-state index is 0.351. The zero-order valence-electron chi connectivity index (χ0n) is 10.7. The van der Waals surface area contributed by atoms with E-state index in [1.54, 1.807) is 0 Å². The summed E-state index contributed by atoms with van der Waals surface area (Å²) in [6, 6.07) is 3.99. The van der Waals surface area contributed by atoms with E-state index in [0.717, 1.165) is 23.5 Å². The number of benzene rings is 1. The normalized spacial score (nSPS) is 20.2. The predicted octanol–water partition coefficient (Wildman–Crippen LogP) is 2.12. The number of nitrogens with two attached hydrogens (primary N) is 1. The van der Waals surface area contributed by atoms with Gasteiger partial charge in [-0.2, -0.15) is 0 Å². The van der Waals surface area contributed by atoms with Gasteiger partial charge in [0.05, 0.1) is 6.61 Å². The highest BCUT2D eigenvalue weighted by molar-refractivity contribution is 5.53. The van der Waals surface area contributed by atoms with Crippen molar-refractivity contribution in [3.63, 3.8) is 0 Å². The van der Waals surface area contributed by atoms with E-state index < -0.39 is 0 Å². The van der Waals surface area contributed by atoms with E-state index >= 15 is 0 Å². The number of rotatable bonds is 2. The molecule has 1 fully saturated rings. The lowest BCUT2D eigenvalue weighted by Gasteiger charge is -2.28. The molecule has 0 atom stereocenters. The van der Waals surface area contributed by atoms with Crippen molar-refractivity contribution in [1.29, 1.82) is 0 Å². The van der Waals surface area contributed by atoms with Crippen LogP contribution >= 0.6 is 0 Å². The van der Waals surface area contributed by atoms with Gasteiger partial charge in [-0.05, 0) is 38.1 Å². The van der Waals surface area contributed by atoms with Crippen LogP contribution in [0.4, 0.5) is 5.69 Å². The maximum Gasteiger partial charge on any atom is 0.189 e. The van der Waals surface area contributed by atoms with Crippen LogP contribution in [-0.2, 0) is 17.9 Å². The van der Waals surface area contributed by atoms with Crippen molar-refractivity contribution in [2.75, 3.05) is 25.6 Å². The summed E-state index contributed by atoms with van der Waals surface area (Å²) in [4.78, 5) is 2.48. The van der Waals surface area contributed by atoms with Crippen LogP contribution in [0.25, 0.3) is 0 Å². The minimum atomic E-state index is 0.351. The number of nitrogen functional groups attached to an aromatic ring is 1. The Labute approximate surface area is 108 Å². The first-order chi connectivity index (χ1) is 8.83. The third kappa shape index (κ3) is 2.44. The second kappa shape index (κ2) is 5.16. The van der Waals surface area contributed by atoms with Crippen molar-refractivity contribution < 1.29 is 9.47 Å². The third-order valence-corrected chi connectivity index (χ3v) is 3.65. The lowest BCUT2D eigenvalue weighted by molar-refractivity contribution is -0.0174. The third-order valence-electron chi connectivity index (χ3n) is 3.65. The van der Waals surface area contributed by atoms with Gasteiger partial charge in [0.25, 0.3) is 0 Å². The van der Waals surface area contributed by atoms with Gasteiger partial charge < -0.3 is 15.2 Å². The SMILES string of the molecule is Nc1cc2c(c(CN3CCCCC3)c1)OCOC2. The second-order valence-corrected chi connectivity index (χ2v) is 5.12. The number of hydrogen-bond donors (Lipinski definition) is 1. The summed E-state index contributed by atoms with van der Waals surface area (Å²) in [5.74, 6) is 0.987. The molecule has 0 unspecified atom stereocenters. The fourth-order valence-corrected chi connectivity index (χ4v) is 2.80. The molecule has 0 aromatic heterocycles. The van der Waals surface area contributed by atoms with Crippen molar-refractivity contribution in [3.05, 3.63) is 23.3 Å². The average Bonchev–Trinajstić information content (AvgIpc) is 2.40. The largest absolute Gasteiger partial charge is 0.467 e. The van der Waals surface area contributed by atoms with Crippen LogP contribution in [0.2, 0.25) is 0 Å². The van der Waals surface area contributed by atoms with Gasteiger partial charge in [-0.15, -0.1) is 0 Å². The Morgan fingerprint density at radius 3 is 2.83 bits per heavy atom. The van der Waals surface area contributed by atoms with Gasteiger partial charge >= 0.3 is 0 Å². The van der Waals surface area contributed by atoms with E-state index in [0.29, 0.717) is 13.4 Å². The number of ether oxygens (including phenoxy) is 2. The fourth-order valence-electron chi connectivity index (χ4n) is 2.80. The highest BCUT2D eigenvalue weighted by atomic mass is 16.7. The van der Waals surface area contributed by atoms with Crippen molar-refractivity contribution in [3.8, 4) is 5.75 Å². The fraction of sp³-hybridized carbons (Fsp3) is 0.571. The van der Waals surface area contributed by atoms with Gasteiger partial charge in [0.15, 0.2) is 6.79 Å². The summed E-state index contributed by atoms with van der Waals surface area (Å²) in [6.45, 7) is 4.25. The van der Waals surface area contributed by atoms with Crippen LogP contribution < -0.4 is 10.5 Å². The first-order valence-electron chi connectivity index (χ1n) is 6.67. The Hall–Kier alpha value is -1.26. The molecule has 3 rings (SSSR count). The number of fused-ring (bicyclic) bond motifs is 1. The molecule has 0 saturated carbocycles. The predicted molar refractivity (Wildman–Crippen MR) is 70.3 cm³/mol. The van der Waals surface area contributed by atoms with Crippen LogP contribution in [0.3, 0.4) is 0 Å². The standard InChI is InChI=1S/C14H20N2O2/c15-13-6-11(8-16-4-2-1-3-5-16)14-12(7-13)9-17-10-18-14/h6-7H,1-5,8-10,15H2. The smallest absolute Gasteiger partial charge is 0.189 e. The van der Waals surface area contributed by atoms with Crippen molar-refractivity contribution in [2.45, 2.75) is 32.4 Å². The van der Waals surface area contributed by atoms with Crippen LogP contribution in [-0.4, -0.2) is 24.8 Å². The molecule has 2 heterocycles. The van der Waals surface area contributed by atoms with Gasteiger partial charge in [-0.1, -0.05) is 6.42 Å². The highest BCUT2D eigenvalue weighted by Crippen LogP contribution is 2.32. The van der Waals surface area contributed by atoms with E-state index in [1.165, 1.54) is 37.9 Å². The van der Waals surface area contributed by atoms with E-state index in [4.69, 9.17) is 15.2 Å². The number of likely N-dealkylation sites (tertiary alicyclic amines) is 1. The molecule has 1 aromatic rings. The first-order valence-corrected chi connectivity index (χ1v) is 6.67. The molecule has 0 bridgehead atoms. The number of anilines is 1. The molecule has 0 spiro atoms. The van der Waals surface area contributed by atoms with E-state index in [2.05, 4.69) is 4.90 Å². The molecule has 98 valence electrons. The lowest BCUT2D eigenvalue weighted by Crippen LogP contribution is -2.29.